The zero-order valence-corrected chi connectivity index (χ0v) is 18.6. The number of amides is 1. The van der Waals surface area contributed by atoms with Gasteiger partial charge in [-0.2, -0.15) is 13.2 Å². The van der Waals surface area contributed by atoms with Gasteiger partial charge < -0.3 is 21.1 Å². The highest BCUT2D eigenvalue weighted by atomic mass is 35.5. The van der Waals surface area contributed by atoms with Gasteiger partial charge in [-0.1, -0.05) is 11.6 Å². The van der Waals surface area contributed by atoms with Crippen LogP contribution in [0.1, 0.15) is 22.3 Å². The summed E-state index contributed by atoms with van der Waals surface area (Å²) in [5, 5.41) is 4.77. The van der Waals surface area contributed by atoms with E-state index >= 15 is 0 Å². The lowest BCUT2D eigenvalue weighted by atomic mass is 10.0. The maximum absolute atomic E-state index is 14.8. The van der Waals surface area contributed by atoms with E-state index in [2.05, 4.69) is 15.6 Å². The molecule has 1 aliphatic rings. The van der Waals surface area contributed by atoms with E-state index in [-0.39, 0.29) is 45.7 Å². The first kappa shape index (κ1) is 24.7. The van der Waals surface area contributed by atoms with Gasteiger partial charge in [0.15, 0.2) is 0 Å². The van der Waals surface area contributed by atoms with E-state index in [0.717, 1.165) is 36.5 Å². The molecule has 0 spiro atoms. The van der Waals surface area contributed by atoms with Crippen molar-refractivity contribution < 1.29 is 31.5 Å². The SMILES string of the molecule is Nc1cc(F)ccc1-c1cc(Cl)c(C(=O)Nc2cnc(NC3CCOC3)c(C(F)(F)F)c2)cc1F. The molecule has 1 aliphatic heterocycles. The number of carbonyl (C=O) groups is 1. The van der Waals surface area contributed by atoms with E-state index in [1.807, 2.05) is 0 Å². The number of nitrogens with one attached hydrogen (secondary N) is 2. The van der Waals surface area contributed by atoms with Crippen molar-refractivity contribution in [2.45, 2.75) is 18.6 Å². The van der Waals surface area contributed by atoms with Crippen LogP contribution >= 0.6 is 11.6 Å². The van der Waals surface area contributed by atoms with Gasteiger partial charge in [0.05, 0.1) is 40.7 Å². The first-order chi connectivity index (χ1) is 16.5. The Morgan fingerprint density at radius 1 is 1.14 bits per heavy atom. The summed E-state index contributed by atoms with van der Waals surface area (Å²) in [6, 6.07) is 5.71. The Balaban J connectivity index is 1.60. The molecule has 1 aromatic heterocycles. The third kappa shape index (κ3) is 5.46. The van der Waals surface area contributed by atoms with Crippen molar-refractivity contribution in [3.8, 4) is 11.1 Å². The van der Waals surface area contributed by atoms with Gasteiger partial charge in [0.1, 0.15) is 17.5 Å². The lowest BCUT2D eigenvalue weighted by Gasteiger charge is -2.18. The average Bonchev–Trinajstić information content (AvgIpc) is 3.29. The predicted octanol–water partition coefficient (Wildman–Crippen LogP) is 5.73. The molecule has 2 aromatic carbocycles. The monoisotopic (exact) mass is 512 g/mol. The molecule has 1 saturated heterocycles. The molecule has 0 aliphatic carbocycles. The lowest BCUT2D eigenvalue weighted by molar-refractivity contribution is -0.137. The molecule has 2 heterocycles. The number of halogens is 6. The Morgan fingerprint density at radius 3 is 2.57 bits per heavy atom. The minimum Gasteiger partial charge on any atom is -0.398 e. The van der Waals surface area contributed by atoms with E-state index in [1.165, 1.54) is 6.07 Å². The van der Waals surface area contributed by atoms with Gasteiger partial charge in [-0.05, 0) is 42.8 Å². The molecular weight excluding hydrogens is 495 g/mol. The molecular formula is C23H18ClF5N4O2. The van der Waals surface area contributed by atoms with Gasteiger partial charge in [-0.25, -0.2) is 13.8 Å². The fourth-order valence-electron chi connectivity index (χ4n) is 3.61. The molecule has 12 heteroatoms. The van der Waals surface area contributed by atoms with Gasteiger partial charge in [-0.3, -0.25) is 4.79 Å². The summed E-state index contributed by atoms with van der Waals surface area (Å²) < 4.78 is 74.1. The normalized spacial score (nSPS) is 15.8. The highest BCUT2D eigenvalue weighted by Gasteiger charge is 2.36. The number of hydrogen-bond acceptors (Lipinski definition) is 5. The van der Waals surface area contributed by atoms with Gasteiger partial charge in [0.25, 0.3) is 5.91 Å². The van der Waals surface area contributed by atoms with Crippen molar-refractivity contribution >= 4 is 34.7 Å². The molecule has 6 nitrogen and oxygen atoms in total. The second-order valence-corrected chi connectivity index (χ2v) is 8.23. The Hall–Kier alpha value is -3.44. The number of alkyl halides is 3. The molecule has 4 N–H and O–H groups in total. The van der Waals surface area contributed by atoms with Crippen LogP contribution in [-0.4, -0.2) is 30.1 Å². The predicted molar refractivity (Wildman–Crippen MR) is 121 cm³/mol. The van der Waals surface area contributed by atoms with Crippen LogP contribution in [0.4, 0.5) is 39.1 Å². The zero-order chi connectivity index (χ0) is 25.3. The molecule has 1 fully saturated rings. The molecule has 0 bridgehead atoms. The van der Waals surface area contributed by atoms with Crippen molar-refractivity contribution in [1.82, 2.24) is 4.98 Å². The fraction of sp³-hybridized carbons (Fsp3) is 0.217. The van der Waals surface area contributed by atoms with E-state index in [4.69, 9.17) is 22.1 Å². The number of nitrogen functional groups attached to an aromatic ring is 1. The van der Waals surface area contributed by atoms with Crippen molar-refractivity contribution in [2.24, 2.45) is 0 Å². The summed E-state index contributed by atoms with van der Waals surface area (Å²) in [4.78, 5) is 16.5. The summed E-state index contributed by atoms with van der Waals surface area (Å²) in [6.07, 6.45) is -3.18. The van der Waals surface area contributed by atoms with E-state index in [0.29, 0.717) is 13.0 Å². The van der Waals surface area contributed by atoms with E-state index < -0.39 is 35.1 Å². The standard InChI is InChI=1S/C23H18ClF5N4O2/c24-18-7-15(14-2-1-11(25)5-20(14)30)19(26)8-16(18)22(34)33-13-6-17(23(27,28)29)21(31-9-13)32-12-3-4-35-10-12/h1-2,5-9,12H,3-4,10,30H2,(H,31,32)(H,33,34). The molecule has 0 radical (unpaired) electrons. The third-order valence-corrected chi connectivity index (χ3v) is 5.64. The van der Waals surface area contributed by atoms with Crippen LogP contribution in [-0.2, 0) is 10.9 Å². The zero-order valence-electron chi connectivity index (χ0n) is 17.8. The minimum atomic E-state index is -4.75. The molecule has 0 saturated carbocycles. The van der Waals surface area contributed by atoms with Gasteiger partial charge >= 0.3 is 6.18 Å². The fourth-order valence-corrected chi connectivity index (χ4v) is 3.86. The largest absolute Gasteiger partial charge is 0.420 e. The molecule has 4 rings (SSSR count). The number of rotatable bonds is 5. The number of benzene rings is 2. The van der Waals surface area contributed by atoms with Crippen LogP contribution in [0.5, 0.6) is 0 Å². The van der Waals surface area contributed by atoms with E-state index in [1.54, 1.807) is 0 Å². The van der Waals surface area contributed by atoms with Gasteiger partial charge in [0.2, 0.25) is 0 Å². The summed E-state index contributed by atoms with van der Waals surface area (Å²) in [5.41, 5.74) is 4.12. The number of nitrogens with two attached hydrogens (primary N) is 1. The lowest BCUT2D eigenvalue weighted by Crippen LogP contribution is -2.23. The number of hydrogen-bond donors (Lipinski definition) is 3. The topological polar surface area (TPSA) is 89.3 Å². The second kappa shape index (κ2) is 9.67. The average molecular weight is 513 g/mol. The molecule has 35 heavy (non-hydrogen) atoms. The number of nitrogens with zero attached hydrogens (tertiary/aromatic N) is 1. The van der Waals surface area contributed by atoms with Crippen molar-refractivity contribution in [3.63, 3.8) is 0 Å². The van der Waals surface area contributed by atoms with Crippen LogP contribution in [0.15, 0.2) is 42.6 Å². The van der Waals surface area contributed by atoms with Gasteiger partial charge in [-0.15, -0.1) is 0 Å². The molecule has 1 unspecified atom stereocenters. The number of pyridine rings is 1. The summed E-state index contributed by atoms with van der Waals surface area (Å²) in [5.74, 6) is -2.84. The van der Waals surface area contributed by atoms with Crippen molar-refractivity contribution in [3.05, 3.63) is 70.4 Å². The summed E-state index contributed by atoms with van der Waals surface area (Å²) in [7, 11) is 0. The second-order valence-electron chi connectivity index (χ2n) is 7.82. The Morgan fingerprint density at radius 2 is 1.91 bits per heavy atom. The highest BCUT2D eigenvalue weighted by molar-refractivity contribution is 6.34. The Kier molecular flexibility index (Phi) is 6.82. The van der Waals surface area contributed by atoms with Crippen LogP contribution < -0.4 is 16.4 Å². The maximum atomic E-state index is 14.8. The number of aromatic nitrogens is 1. The molecule has 3 aromatic rings. The number of ether oxygens (including phenoxy) is 1. The highest BCUT2D eigenvalue weighted by Crippen LogP contribution is 2.37. The van der Waals surface area contributed by atoms with Crippen LogP contribution in [0.3, 0.4) is 0 Å². The molecule has 1 atom stereocenters. The molecule has 184 valence electrons. The van der Waals surface area contributed by atoms with Crippen molar-refractivity contribution in [1.29, 1.82) is 0 Å². The summed E-state index contributed by atoms with van der Waals surface area (Å²) in [6.45, 7) is 0.679. The number of anilines is 3. The Bertz CT molecular complexity index is 1280. The minimum absolute atomic E-state index is 0.0409. The van der Waals surface area contributed by atoms with Crippen molar-refractivity contribution in [2.75, 3.05) is 29.6 Å². The first-order valence-electron chi connectivity index (χ1n) is 10.3. The van der Waals surface area contributed by atoms with E-state index in [9.17, 15) is 26.7 Å². The molecule has 1 amide bonds. The van der Waals surface area contributed by atoms with Crippen LogP contribution in [0, 0.1) is 11.6 Å². The first-order valence-corrected chi connectivity index (χ1v) is 10.7. The van der Waals surface area contributed by atoms with Gasteiger partial charge in [0, 0.05) is 23.4 Å². The van der Waals surface area contributed by atoms with Crippen LogP contribution in [0.25, 0.3) is 11.1 Å². The summed E-state index contributed by atoms with van der Waals surface area (Å²) >= 11 is 6.16. The third-order valence-electron chi connectivity index (χ3n) is 5.33. The Labute approximate surface area is 201 Å². The smallest absolute Gasteiger partial charge is 0.398 e. The quantitative estimate of drug-likeness (QED) is 0.300. The van der Waals surface area contributed by atoms with Crippen LogP contribution in [0.2, 0.25) is 5.02 Å². The maximum Gasteiger partial charge on any atom is 0.420 e. The number of carbonyl (C=O) groups excluding carboxylic acids is 1.